The lowest BCUT2D eigenvalue weighted by molar-refractivity contribution is 0.0604. The van der Waals surface area contributed by atoms with Crippen LogP contribution in [0.25, 0.3) is 0 Å². The van der Waals surface area contributed by atoms with Crippen LogP contribution in [0.5, 0.6) is 5.75 Å². The monoisotopic (exact) mass is 320 g/mol. The van der Waals surface area contributed by atoms with Gasteiger partial charge in [-0.3, -0.25) is 10.1 Å². The van der Waals surface area contributed by atoms with Crippen LogP contribution < -0.4 is 10.1 Å². The molecule has 2 rings (SSSR count). The van der Waals surface area contributed by atoms with Crippen molar-refractivity contribution in [3.05, 3.63) is 40.4 Å². The minimum Gasteiger partial charge on any atom is -0.497 e. The SMILES string of the molecule is CCc1nc(NC(=O)c2cccc(OC)c2)sc1C(=O)OC. The Balaban J connectivity index is 2.21. The van der Waals surface area contributed by atoms with Crippen molar-refractivity contribution in [2.45, 2.75) is 13.3 Å². The second-order valence-electron chi connectivity index (χ2n) is 4.33. The van der Waals surface area contributed by atoms with Crippen LogP contribution in [0.3, 0.4) is 0 Å². The molecule has 0 spiro atoms. The van der Waals surface area contributed by atoms with Crippen molar-refractivity contribution < 1.29 is 19.1 Å². The molecule has 0 fully saturated rings. The number of carbonyl (C=O) groups excluding carboxylic acids is 2. The molecule has 6 nitrogen and oxygen atoms in total. The topological polar surface area (TPSA) is 77.5 Å². The summed E-state index contributed by atoms with van der Waals surface area (Å²) in [6, 6.07) is 6.79. The quantitative estimate of drug-likeness (QED) is 0.857. The number of rotatable bonds is 5. The number of ether oxygens (including phenoxy) is 2. The summed E-state index contributed by atoms with van der Waals surface area (Å²) < 4.78 is 9.80. The molecule has 0 aliphatic carbocycles. The molecule has 0 saturated carbocycles. The van der Waals surface area contributed by atoms with E-state index in [4.69, 9.17) is 9.47 Å². The molecule has 1 amide bonds. The summed E-state index contributed by atoms with van der Waals surface area (Å²) in [5, 5.41) is 3.05. The first-order valence-corrected chi connectivity index (χ1v) is 7.44. The van der Waals surface area contributed by atoms with Gasteiger partial charge in [0, 0.05) is 5.56 Å². The van der Waals surface area contributed by atoms with Gasteiger partial charge in [-0.15, -0.1) is 0 Å². The first-order chi connectivity index (χ1) is 10.6. The highest BCUT2D eigenvalue weighted by Gasteiger charge is 2.19. The zero-order valence-electron chi connectivity index (χ0n) is 12.5. The summed E-state index contributed by atoms with van der Waals surface area (Å²) in [6.07, 6.45) is 0.579. The summed E-state index contributed by atoms with van der Waals surface area (Å²) in [5.74, 6) is -0.167. The molecule has 2 aromatic rings. The van der Waals surface area contributed by atoms with Crippen molar-refractivity contribution in [3.63, 3.8) is 0 Å². The van der Waals surface area contributed by atoms with E-state index in [9.17, 15) is 9.59 Å². The Morgan fingerprint density at radius 3 is 2.73 bits per heavy atom. The average Bonchev–Trinajstić information content (AvgIpc) is 2.97. The molecule has 0 atom stereocenters. The van der Waals surface area contributed by atoms with Crippen LogP contribution in [0.4, 0.5) is 5.13 Å². The Kier molecular flexibility index (Phi) is 5.11. The van der Waals surface area contributed by atoms with E-state index in [-0.39, 0.29) is 5.91 Å². The number of aryl methyl sites for hydroxylation is 1. The Morgan fingerprint density at radius 1 is 1.32 bits per heavy atom. The standard InChI is InChI=1S/C15H16N2O4S/c1-4-11-12(14(19)21-3)22-15(16-11)17-13(18)9-6-5-7-10(8-9)20-2/h5-8H,4H2,1-3H3,(H,16,17,18). The van der Waals surface area contributed by atoms with Crippen molar-refractivity contribution in [1.29, 1.82) is 0 Å². The van der Waals surface area contributed by atoms with Gasteiger partial charge in [0.2, 0.25) is 0 Å². The number of hydrogen-bond donors (Lipinski definition) is 1. The molecular formula is C15H16N2O4S. The summed E-state index contributed by atoms with van der Waals surface area (Å²) in [7, 11) is 2.85. The third-order valence-electron chi connectivity index (χ3n) is 2.96. The number of benzene rings is 1. The lowest BCUT2D eigenvalue weighted by Crippen LogP contribution is -2.11. The molecule has 7 heteroatoms. The molecule has 0 bridgehead atoms. The molecule has 116 valence electrons. The summed E-state index contributed by atoms with van der Waals surface area (Å²) in [5.41, 5.74) is 1.06. The zero-order valence-corrected chi connectivity index (χ0v) is 13.3. The van der Waals surface area contributed by atoms with Gasteiger partial charge in [-0.05, 0) is 24.6 Å². The van der Waals surface area contributed by atoms with E-state index < -0.39 is 5.97 Å². The third-order valence-corrected chi connectivity index (χ3v) is 3.95. The van der Waals surface area contributed by atoms with E-state index in [1.54, 1.807) is 24.3 Å². The predicted molar refractivity (Wildman–Crippen MR) is 83.8 cm³/mol. The zero-order chi connectivity index (χ0) is 16.1. The molecule has 1 N–H and O–H groups in total. The minimum absolute atomic E-state index is 0.313. The number of nitrogens with one attached hydrogen (secondary N) is 1. The predicted octanol–water partition coefficient (Wildman–Crippen LogP) is 2.75. The fraction of sp³-hybridized carbons (Fsp3) is 0.267. The number of nitrogens with zero attached hydrogens (tertiary/aromatic N) is 1. The number of amides is 1. The van der Waals surface area contributed by atoms with Crippen molar-refractivity contribution in [1.82, 2.24) is 4.98 Å². The largest absolute Gasteiger partial charge is 0.497 e. The molecule has 1 heterocycles. The summed E-state index contributed by atoms with van der Waals surface area (Å²) in [6.45, 7) is 1.88. The van der Waals surface area contributed by atoms with Crippen LogP contribution in [0.1, 0.15) is 32.6 Å². The van der Waals surface area contributed by atoms with Crippen LogP contribution >= 0.6 is 11.3 Å². The number of esters is 1. The molecule has 0 aliphatic rings. The lowest BCUT2D eigenvalue weighted by Gasteiger charge is -2.04. The number of methoxy groups -OCH3 is 2. The van der Waals surface area contributed by atoms with Crippen molar-refractivity contribution in [2.24, 2.45) is 0 Å². The highest BCUT2D eigenvalue weighted by atomic mass is 32.1. The number of thiazole rings is 1. The number of aromatic nitrogens is 1. The van der Waals surface area contributed by atoms with Gasteiger partial charge >= 0.3 is 5.97 Å². The van der Waals surface area contributed by atoms with Gasteiger partial charge in [-0.25, -0.2) is 9.78 Å². The summed E-state index contributed by atoms with van der Waals surface area (Å²) in [4.78, 5) is 28.5. The molecule has 22 heavy (non-hydrogen) atoms. The summed E-state index contributed by atoms with van der Waals surface area (Å²) >= 11 is 1.10. The lowest BCUT2D eigenvalue weighted by atomic mass is 10.2. The molecule has 0 unspecified atom stereocenters. The van der Waals surface area contributed by atoms with Gasteiger partial charge in [0.15, 0.2) is 5.13 Å². The number of hydrogen-bond acceptors (Lipinski definition) is 6. The van der Waals surface area contributed by atoms with E-state index in [1.807, 2.05) is 6.92 Å². The van der Waals surface area contributed by atoms with Gasteiger partial charge in [-0.1, -0.05) is 24.3 Å². The van der Waals surface area contributed by atoms with Crippen molar-refractivity contribution in [2.75, 3.05) is 19.5 Å². The maximum Gasteiger partial charge on any atom is 0.350 e. The third kappa shape index (κ3) is 3.43. The van der Waals surface area contributed by atoms with Crippen LogP contribution in [0.15, 0.2) is 24.3 Å². The normalized spacial score (nSPS) is 10.1. The van der Waals surface area contributed by atoms with Crippen LogP contribution in [-0.4, -0.2) is 31.1 Å². The Bertz CT molecular complexity index is 697. The van der Waals surface area contributed by atoms with E-state index in [1.165, 1.54) is 14.2 Å². The van der Waals surface area contributed by atoms with E-state index in [2.05, 4.69) is 10.3 Å². The maximum absolute atomic E-state index is 12.2. The van der Waals surface area contributed by atoms with E-state index in [0.29, 0.717) is 33.4 Å². The minimum atomic E-state index is -0.448. The van der Waals surface area contributed by atoms with Gasteiger partial charge in [-0.2, -0.15) is 0 Å². The number of carbonyl (C=O) groups is 2. The first-order valence-electron chi connectivity index (χ1n) is 6.62. The molecule has 1 aromatic carbocycles. The van der Waals surface area contributed by atoms with Gasteiger partial charge in [0.05, 0.1) is 19.9 Å². The van der Waals surface area contributed by atoms with Crippen molar-refractivity contribution >= 4 is 28.3 Å². The molecule has 1 aromatic heterocycles. The highest BCUT2D eigenvalue weighted by Crippen LogP contribution is 2.25. The molecule has 0 saturated heterocycles. The van der Waals surface area contributed by atoms with E-state index in [0.717, 1.165) is 11.3 Å². The Morgan fingerprint density at radius 2 is 2.09 bits per heavy atom. The molecule has 0 aliphatic heterocycles. The Hall–Kier alpha value is -2.41. The fourth-order valence-electron chi connectivity index (χ4n) is 1.83. The van der Waals surface area contributed by atoms with Crippen molar-refractivity contribution in [3.8, 4) is 5.75 Å². The second-order valence-corrected chi connectivity index (χ2v) is 5.33. The smallest absolute Gasteiger partial charge is 0.350 e. The van der Waals surface area contributed by atoms with Crippen LogP contribution in [-0.2, 0) is 11.2 Å². The average molecular weight is 320 g/mol. The Labute approximate surface area is 132 Å². The van der Waals surface area contributed by atoms with Crippen LogP contribution in [0.2, 0.25) is 0 Å². The fourth-order valence-corrected chi connectivity index (χ4v) is 2.80. The maximum atomic E-state index is 12.2. The first kappa shape index (κ1) is 16.0. The number of anilines is 1. The second kappa shape index (κ2) is 7.04. The highest BCUT2D eigenvalue weighted by molar-refractivity contribution is 7.17. The van der Waals surface area contributed by atoms with Gasteiger partial charge in [0.1, 0.15) is 10.6 Å². The molecule has 0 radical (unpaired) electrons. The van der Waals surface area contributed by atoms with Crippen LogP contribution in [0, 0.1) is 0 Å². The molecular weight excluding hydrogens is 304 g/mol. The van der Waals surface area contributed by atoms with Gasteiger partial charge < -0.3 is 9.47 Å². The van der Waals surface area contributed by atoms with E-state index >= 15 is 0 Å². The van der Waals surface area contributed by atoms with Gasteiger partial charge in [0.25, 0.3) is 5.91 Å².